The summed E-state index contributed by atoms with van der Waals surface area (Å²) in [6.45, 7) is 4.22. The summed E-state index contributed by atoms with van der Waals surface area (Å²) in [5.41, 5.74) is 0.338. The lowest BCUT2D eigenvalue weighted by atomic mass is 9.45. The largest absolute Gasteiger partial charge is 0.477 e. The van der Waals surface area contributed by atoms with Crippen LogP contribution in [0.15, 0.2) is 22.9 Å². The smallest absolute Gasteiger partial charge is 0.352 e. The monoisotopic (exact) mass is 387 g/mol. The average Bonchev–Trinajstić information content (AvgIpc) is 2.98. The van der Waals surface area contributed by atoms with Crippen molar-refractivity contribution >= 4 is 18.2 Å². The van der Waals surface area contributed by atoms with E-state index in [2.05, 4.69) is 19.2 Å². The molecule has 28 heavy (non-hydrogen) atoms. The summed E-state index contributed by atoms with van der Waals surface area (Å²) >= 11 is 0. The van der Waals surface area contributed by atoms with Gasteiger partial charge in [-0.15, -0.1) is 0 Å². The number of hydrogen-bond acceptors (Lipinski definition) is 4. The van der Waals surface area contributed by atoms with Crippen LogP contribution in [-0.2, 0) is 14.4 Å². The van der Waals surface area contributed by atoms with E-state index in [0.717, 1.165) is 30.4 Å². The maximum absolute atomic E-state index is 12.0. The molecule has 0 radical (unpaired) electrons. The van der Waals surface area contributed by atoms with E-state index in [-0.39, 0.29) is 34.1 Å². The minimum atomic E-state index is -1.10. The van der Waals surface area contributed by atoms with Crippen LogP contribution >= 0.6 is 0 Å². The molecule has 4 aliphatic carbocycles. The number of hydrogen-bond donors (Lipinski definition) is 3. The van der Waals surface area contributed by atoms with Gasteiger partial charge in [-0.05, 0) is 73.8 Å². The molecule has 4 aliphatic rings. The third-order valence-electron chi connectivity index (χ3n) is 8.65. The molecule has 152 valence electrons. The maximum Gasteiger partial charge on any atom is 0.352 e. The molecule has 0 unspecified atom stereocenters. The van der Waals surface area contributed by atoms with Crippen molar-refractivity contribution in [2.75, 3.05) is 0 Å². The molecule has 0 aromatic rings. The number of aliphatic hydroxyl groups is 1. The van der Waals surface area contributed by atoms with E-state index < -0.39 is 11.6 Å². The molecule has 3 saturated carbocycles. The van der Waals surface area contributed by atoms with Gasteiger partial charge >= 0.3 is 5.97 Å². The second-order valence-electron chi connectivity index (χ2n) is 9.52. The third kappa shape index (κ3) is 2.39. The van der Waals surface area contributed by atoms with Gasteiger partial charge in [-0.25, -0.2) is 4.79 Å². The van der Waals surface area contributed by atoms with Gasteiger partial charge < -0.3 is 15.5 Å². The predicted molar refractivity (Wildman–Crippen MR) is 102 cm³/mol. The molecule has 4 rings (SSSR count). The molecule has 6 nitrogen and oxygen atoms in total. The van der Waals surface area contributed by atoms with E-state index >= 15 is 0 Å². The first-order valence-electron chi connectivity index (χ1n) is 10.3. The van der Waals surface area contributed by atoms with Gasteiger partial charge in [-0.1, -0.05) is 19.4 Å². The van der Waals surface area contributed by atoms with Crippen molar-refractivity contribution in [2.45, 2.75) is 70.8 Å². The van der Waals surface area contributed by atoms with Crippen molar-refractivity contribution in [3.63, 3.8) is 0 Å². The van der Waals surface area contributed by atoms with Crippen molar-refractivity contribution in [3.05, 3.63) is 22.9 Å². The second-order valence-corrected chi connectivity index (χ2v) is 9.52. The van der Waals surface area contributed by atoms with Gasteiger partial charge in [-0.3, -0.25) is 9.59 Å². The fourth-order valence-electron chi connectivity index (χ4n) is 7.06. The SMILES string of the molecule is C[C@]12CCC(=O)C=C1CC[C@H]1[C@@H]3CCC(=C(NC=O)C(=O)O)[C@@]3(C)CC[C@@]12O. The van der Waals surface area contributed by atoms with E-state index in [0.29, 0.717) is 38.5 Å². The molecule has 0 bridgehead atoms. The highest BCUT2D eigenvalue weighted by Gasteiger charge is 2.65. The number of carboxylic acid groups (broad SMARTS) is 1. The van der Waals surface area contributed by atoms with Crippen molar-refractivity contribution in [1.29, 1.82) is 0 Å². The fraction of sp³-hybridized carbons (Fsp3) is 0.682. The molecule has 3 fully saturated rings. The summed E-state index contributed by atoms with van der Waals surface area (Å²) in [5, 5.41) is 24.0. The van der Waals surface area contributed by atoms with E-state index in [1.807, 2.05) is 0 Å². The van der Waals surface area contributed by atoms with Crippen LogP contribution in [0.3, 0.4) is 0 Å². The summed E-state index contributed by atoms with van der Waals surface area (Å²) < 4.78 is 0. The van der Waals surface area contributed by atoms with Gasteiger partial charge in [-0.2, -0.15) is 0 Å². The van der Waals surface area contributed by atoms with Crippen molar-refractivity contribution in [1.82, 2.24) is 5.32 Å². The minimum Gasteiger partial charge on any atom is -0.477 e. The highest BCUT2D eigenvalue weighted by molar-refractivity contribution is 5.92. The highest BCUT2D eigenvalue weighted by Crippen LogP contribution is 2.68. The molecule has 0 aliphatic heterocycles. The Morgan fingerprint density at radius 2 is 1.86 bits per heavy atom. The Balaban J connectivity index is 1.75. The predicted octanol–water partition coefficient (Wildman–Crippen LogP) is 2.72. The summed E-state index contributed by atoms with van der Waals surface area (Å²) in [6.07, 6.45) is 7.74. The Kier molecular flexibility index (Phi) is 4.34. The number of nitrogens with one attached hydrogen (secondary N) is 1. The normalized spacial score (nSPS) is 44.0. The van der Waals surface area contributed by atoms with Gasteiger partial charge in [0.05, 0.1) is 5.60 Å². The summed E-state index contributed by atoms with van der Waals surface area (Å²) in [5.74, 6) is -0.686. The standard InChI is InChI=1S/C22H29NO5/c1-20-9-10-22(28)16(4-3-13-11-14(25)7-8-21(13,22)2)15(20)5-6-17(20)18(19(26)27)23-12-24/h11-12,15-16,28H,3-10H2,1-2H3,(H,23,24)(H,26,27)/t15-,16-,20-,21-,22+/m0/s1. The maximum atomic E-state index is 12.0. The molecule has 5 atom stereocenters. The summed E-state index contributed by atoms with van der Waals surface area (Å²) in [6, 6.07) is 0. The molecule has 0 aromatic carbocycles. The Bertz CT molecular complexity index is 814. The van der Waals surface area contributed by atoms with Crippen molar-refractivity contribution < 1.29 is 24.6 Å². The first-order valence-corrected chi connectivity index (χ1v) is 10.3. The van der Waals surface area contributed by atoms with Crippen LogP contribution in [0.5, 0.6) is 0 Å². The number of rotatable bonds is 3. The average molecular weight is 387 g/mol. The van der Waals surface area contributed by atoms with Crippen LogP contribution in [0.1, 0.15) is 65.2 Å². The lowest BCUT2D eigenvalue weighted by Gasteiger charge is -2.62. The number of carbonyl (C=O) groups is 3. The van der Waals surface area contributed by atoms with E-state index in [1.165, 1.54) is 0 Å². The van der Waals surface area contributed by atoms with Crippen LogP contribution in [0, 0.1) is 22.7 Å². The van der Waals surface area contributed by atoms with Crippen LogP contribution in [-0.4, -0.2) is 34.0 Å². The van der Waals surface area contributed by atoms with Crippen LogP contribution in [0.25, 0.3) is 0 Å². The van der Waals surface area contributed by atoms with Gasteiger partial charge in [0, 0.05) is 11.8 Å². The van der Waals surface area contributed by atoms with E-state index in [1.54, 1.807) is 6.08 Å². The Morgan fingerprint density at radius 1 is 1.14 bits per heavy atom. The number of fused-ring (bicyclic) bond motifs is 5. The van der Waals surface area contributed by atoms with Gasteiger partial charge in [0.2, 0.25) is 6.41 Å². The summed E-state index contributed by atoms with van der Waals surface area (Å²) in [4.78, 5) is 34.7. The molecular weight excluding hydrogens is 358 g/mol. The molecule has 6 heteroatoms. The zero-order valence-electron chi connectivity index (χ0n) is 16.6. The minimum absolute atomic E-state index is 0.0105. The van der Waals surface area contributed by atoms with Crippen molar-refractivity contribution in [3.8, 4) is 0 Å². The number of allylic oxidation sites excluding steroid dienone is 1. The van der Waals surface area contributed by atoms with Crippen LogP contribution in [0.2, 0.25) is 0 Å². The number of carbonyl (C=O) groups excluding carboxylic acids is 2. The Morgan fingerprint density at radius 3 is 2.54 bits per heavy atom. The Hall–Kier alpha value is -1.95. The molecule has 0 saturated heterocycles. The molecule has 3 N–H and O–H groups in total. The molecule has 0 heterocycles. The third-order valence-corrected chi connectivity index (χ3v) is 8.65. The second kappa shape index (κ2) is 6.28. The van der Waals surface area contributed by atoms with Crippen LogP contribution < -0.4 is 5.32 Å². The zero-order chi connectivity index (χ0) is 20.3. The van der Waals surface area contributed by atoms with Gasteiger partial charge in [0.15, 0.2) is 5.78 Å². The first kappa shape index (κ1) is 19.4. The number of ketones is 1. The molecule has 1 amide bonds. The van der Waals surface area contributed by atoms with Gasteiger partial charge in [0.1, 0.15) is 5.70 Å². The van der Waals surface area contributed by atoms with Crippen molar-refractivity contribution in [2.24, 2.45) is 22.7 Å². The molecule has 0 aromatic heterocycles. The zero-order valence-corrected chi connectivity index (χ0v) is 16.6. The van der Waals surface area contributed by atoms with E-state index in [4.69, 9.17) is 0 Å². The number of aliphatic carboxylic acids is 1. The quantitative estimate of drug-likeness (QED) is 0.510. The lowest BCUT2D eigenvalue weighted by molar-refractivity contribution is -0.183. The summed E-state index contributed by atoms with van der Waals surface area (Å²) in [7, 11) is 0. The lowest BCUT2D eigenvalue weighted by Crippen LogP contribution is -2.62. The first-order chi connectivity index (χ1) is 13.2. The fourth-order valence-corrected chi connectivity index (χ4v) is 7.06. The van der Waals surface area contributed by atoms with Gasteiger partial charge in [0.25, 0.3) is 0 Å². The Labute approximate surface area is 165 Å². The van der Waals surface area contributed by atoms with Crippen LogP contribution in [0.4, 0.5) is 0 Å². The molecule has 0 spiro atoms. The number of amides is 1. The topological polar surface area (TPSA) is 104 Å². The number of carboxylic acids is 1. The molecular formula is C22H29NO5. The highest BCUT2D eigenvalue weighted by atomic mass is 16.4. The van der Waals surface area contributed by atoms with E-state index in [9.17, 15) is 24.6 Å².